The fourth-order valence-corrected chi connectivity index (χ4v) is 2.75. The number of amides is 1. The molecule has 2 N–H and O–H groups in total. The van der Waals surface area contributed by atoms with Crippen molar-refractivity contribution in [3.63, 3.8) is 0 Å². The number of esters is 1. The van der Waals surface area contributed by atoms with Crippen molar-refractivity contribution >= 4 is 35.1 Å². The molecule has 0 aromatic heterocycles. The maximum Gasteiger partial charge on any atom is 0.339 e. The summed E-state index contributed by atoms with van der Waals surface area (Å²) < 4.78 is 5.12. The van der Waals surface area contributed by atoms with Crippen LogP contribution in [-0.4, -0.2) is 23.1 Å². The lowest BCUT2D eigenvalue weighted by molar-refractivity contribution is -0.129. The lowest BCUT2D eigenvalue weighted by atomic mass is 10.1. The van der Waals surface area contributed by atoms with Gasteiger partial charge in [-0.3, -0.25) is 4.79 Å². The van der Waals surface area contributed by atoms with Crippen molar-refractivity contribution in [2.75, 3.05) is 0 Å². The lowest BCUT2D eigenvalue weighted by Crippen LogP contribution is -2.37. The van der Waals surface area contributed by atoms with Gasteiger partial charge in [0.25, 0.3) is 5.91 Å². The molecular formula is C18H17Cl2NO4. The Morgan fingerprint density at radius 3 is 2.48 bits per heavy atom. The molecule has 0 aliphatic carbocycles. The van der Waals surface area contributed by atoms with E-state index in [-0.39, 0.29) is 17.4 Å². The summed E-state index contributed by atoms with van der Waals surface area (Å²) in [6.07, 6.45) is -1.01. The fourth-order valence-electron chi connectivity index (χ4n) is 2.18. The number of hydrogen-bond donors (Lipinski definition) is 2. The van der Waals surface area contributed by atoms with E-state index in [2.05, 4.69) is 5.32 Å². The van der Waals surface area contributed by atoms with Crippen LogP contribution in [-0.2, 0) is 9.53 Å². The van der Waals surface area contributed by atoms with Crippen molar-refractivity contribution in [1.29, 1.82) is 0 Å². The van der Waals surface area contributed by atoms with Gasteiger partial charge < -0.3 is 15.2 Å². The number of aromatic hydroxyl groups is 1. The van der Waals surface area contributed by atoms with E-state index in [1.807, 2.05) is 0 Å². The van der Waals surface area contributed by atoms with E-state index in [0.29, 0.717) is 15.6 Å². The van der Waals surface area contributed by atoms with E-state index in [0.717, 1.165) is 0 Å². The third-order valence-electron chi connectivity index (χ3n) is 3.52. The van der Waals surface area contributed by atoms with Crippen LogP contribution >= 0.6 is 23.2 Å². The first-order chi connectivity index (χ1) is 11.8. The summed E-state index contributed by atoms with van der Waals surface area (Å²) in [7, 11) is 0. The first kappa shape index (κ1) is 19.1. The Labute approximate surface area is 155 Å². The van der Waals surface area contributed by atoms with E-state index in [1.54, 1.807) is 25.1 Å². The highest BCUT2D eigenvalue weighted by molar-refractivity contribution is 6.35. The molecule has 5 nitrogen and oxygen atoms in total. The average molecular weight is 382 g/mol. The second kappa shape index (κ2) is 8.23. The first-order valence-electron chi connectivity index (χ1n) is 7.53. The third kappa shape index (κ3) is 5.11. The minimum atomic E-state index is -1.01. The molecule has 7 heteroatoms. The topological polar surface area (TPSA) is 75.6 Å². The second-order valence-electron chi connectivity index (χ2n) is 5.49. The predicted octanol–water partition coefficient (Wildman–Crippen LogP) is 4.12. The standard InChI is InChI=1S/C18H17Cl2NO4/c1-10(15-7-6-13(19)9-16(15)20)21-17(23)11(2)25-18(24)12-4-3-5-14(22)8-12/h3-11,22H,1-2H3,(H,21,23). The number of ether oxygens (including phenoxy) is 1. The molecule has 2 rings (SSSR count). The van der Waals surface area contributed by atoms with E-state index >= 15 is 0 Å². The number of benzene rings is 2. The average Bonchev–Trinajstić information content (AvgIpc) is 2.54. The molecule has 25 heavy (non-hydrogen) atoms. The van der Waals surface area contributed by atoms with Gasteiger partial charge in [0.2, 0.25) is 0 Å². The molecule has 2 unspecified atom stereocenters. The molecule has 2 atom stereocenters. The number of phenolic OH excluding ortho intramolecular Hbond substituents is 1. The fraction of sp³-hybridized carbons (Fsp3) is 0.222. The minimum absolute atomic E-state index is 0.0578. The van der Waals surface area contributed by atoms with Crippen LogP contribution < -0.4 is 5.32 Å². The van der Waals surface area contributed by atoms with Crippen LogP contribution in [0.1, 0.15) is 35.8 Å². The van der Waals surface area contributed by atoms with E-state index in [4.69, 9.17) is 27.9 Å². The Bertz CT molecular complexity index is 794. The number of rotatable bonds is 5. The Balaban J connectivity index is 1.98. The summed E-state index contributed by atoms with van der Waals surface area (Å²) in [6.45, 7) is 3.23. The molecule has 132 valence electrons. The summed E-state index contributed by atoms with van der Waals surface area (Å²) in [5.41, 5.74) is 0.861. The largest absolute Gasteiger partial charge is 0.508 e. The molecule has 0 spiro atoms. The number of hydrogen-bond acceptors (Lipinski definition) is 4. The highest BCUT2D eigenvalue weighted by atomic mass is 35.5. The Morgan fingerprint density at radius 2 is 1.84 bits per heavy atom. The highest BCUT2D eigenvalue weighted by Crippen LogP contribution is 2.26. The monoisotopic (exact) mass is 381 g/mol. The summed E-state index contributed by atoms with van der Waals surface area (Å²) in [5.74, 6) is -1.22. The van der Waals surface area contributed by atoms with Crippen LogP contribution in [0.15, 0.2) is 42.5 Å². The Hall–Kier alpha value is -2.24. The molecule has 2 aromatic carbocycles. The van der Waals surface area contributed by atoms with Crippen LogP contribution in [0.2, 0.25) is 10.0 Å². The van der Waals surface area contributed by atoms with Gasteiger partial charge in [-0.2, -0.15) is 0 Å². The van der Waals surface area contributed by atoms with Crippen LogP contribution in [0.25, 0.3) is 0 Å². The molecule has 2 aromatic rings. The smallest absolute Gasteiger partial charge is 0.339 e. The van der Waals surface area contributed by atoms with Crippen molar-refractivity contribution in [3.05, 3.63) is 63.6 Å². The van der Waals surface area contributed by atoms with Crippen LogP contribution in [0.4, 0.5) is 0 Å². The summed E-state index contributed by atoms with van der Waals surface area (Å²) in [4.78, 5) is 24.2. The van der Waals surface area contributed by atoms with Gasteiger partial charge in [-0.1, -0.05) is 35.3 Å². The maximum absolute atomic E-state index is 12.2. The summed E-state index contributed by atoms with van der Waals surface area (Å²) >= 11 is 12.0. The number of carbonyl (C=O) groups excluding carboxylic acids is 2. The van der Waals surface area contributed by atoms with E-state index in [9.17, 15) is 14.7 Å². The molecule has 1 amide bonds. The Kier molecular flexibility index (Phi) is 6.28. The Morgan fingerprint density at radius 1 is 1.12 bits per heavy atom. The van der Waals surface area contributed by atoms with Crippen molar-refractivity contribution < 1.29 is 19.4 Å². The number of carbonyl (C=O) groups is 2. The van der Waals surface area contributed by atoms with Gasteiger partial charge in [0.15, 0.2) is 6.10 Å². The lowest BCUT2D eigenvalue weighted by Gasteiger charge is -2.19. The number of nitrogens with one attached hydrogen (secondary N) is 1. The first-order valence-corrected chi connectivity index (χ1v) is 8.29. The molecular weight excluding hydrogens is 365 g/mol. The van der Waals surface area contributed by atoms with Gasteiger partial charge in [-0.05, 0) is 49.7 Å². The van der Waals surface area contributed by atoms with Crippen LogP contribution in [0, 0.1) is 0 Å². The zero-order valence-corrected chi connectivity index (χ0v) is 15.1. The molecule has 0 heterocycles. The van der Waals surface area contributed by atoms with Crippen molar-refractivity contribution in [2.45, 2.75) is 26.0 Å². The third-order valence-corrected chi connectivity index (χ3v) is 4.09. The number of phenols is 1. The van der Waals surface area contributed by atoms with Gasteiger partial charge >= 0.3 is 5.97 Å². The molecule has 0 saturated carbocycles. The molecule has 0 bridgehead atoms. The quantitative estimate of drug-likeness (QED) is 0.763. The van der Waals surface area contributed by atoms with Crippen LogP contribution in [0.3, 0.4) is 0 Å². The van der Waals surface area contributed by atoms with Crippen molar-refractivity contribution in [1.82, 2.24) is 5.32 Å². The summed E-state index contributed by atoms with van der Waals surface area (Å²) in [5, 5.41) is 13.1. The second-order valence-corrected chi connectivity index (χ2v) is 6.34. The maximum atomic E-state index is 12.2. The molecule has 0 radical (unpaired) electrons. The van der Waals surface area contributed by atoms with Crippen molar-refractivity contribution in [3.8, 4) is 5.75 Å². The SMILES string of the molecule is CC(OC(=O)c1cccc(O)c1)C(=O)NC(C)c1ccc(Cl)cc1Cl. The molecule has 0 aliphatic rings. The van der Waals surface area contributed by atoms with Gasteiger partial charge in [-0.25, -0.2) is 4.79 Å². The van der Waals surface area contributed by atoms with Gasteiger partial charge in [-0.15, -0.1) is 0 Å². The molecule has 0 fully saturated rings. The van der Waals surface area contributed by atoms with Crippen molar-refractivity contribution in [2.24, 2.45) is 0 Å². The number of halogens is 2. The summed E-state index contributed by atoms with van der Waals surface area (Å²) in [6, 6.07) is 10.3. The normalized spacial score (nSPS) is 13.0. The van der Waals surface area contributed by atoms with Gasteiger partial charge in [0, 0.05) is 10.0 Å². The van der Waals surface area contributed by atoms with Gasteiger partial charge in [0.05, 0.1) is 11.6 Å². The van der Waals surface area contributed by atoms with Crippen LogP contribution in [0.5, 0.6) is 5.75 Å². The van der Waals surface area contributed by atoms with E-state index in [1.165, 1.54) is 31.2 Å². The van der Waals surface area contributed by atoms with E-state index < -0.39 is 18.0 Å². The zero-order chi connectivity index (χ0) is 18.6. The molecule has 0 saturated heterocycles. The zero-order valence-electron chi connectivity index (χ0n) is 13.6. The molecule has 0 aliphatic heterocycles. The minimum Gasteiger partial charge on any atom is -0.508 e. The highest BCUT2D eigenvalue weighted by Gasteiger charge is 2.22. The van der Waals surface area contributed by atoms with Gasteiger partial charge in [0.1, 0.15) is 5.75 Å². The predicted molar refractivity (Wildman–Crippen MR) is 96.0 cm³/mol.